The highest BCUT2D eigenvalue weighted by Crippen LogP contribution is 1.91. The van der Waals surface area contributed by atoms with Crippen LogP contribution in [-0.2, 0) is 14.3 Å². The molecule has 0 aromatic heterocycles. The standard InChI is InChI=1S/C6H10O4/c1-4(3-7)10-6(9)5(2)8/h3-5,8H,1-2H3/t4-,5-/m0/s1. The number of aldehydes is 1. The molecule has 0 radical (unpaired) electrons. The summed E-state index contributed by atoms with van der Waals surface area (Å²) in [5, 5.41) is 8.57. The van der Waals surface area contributed by atoms with E-state index in [1.165, 1.54) is 13.8 Å². The second kappa shape index (κ2) is 4.00. The van der Waals surface area contributed by atoms with Gasteiger partial charge >= 0.3 is 5.97 Å². The Morgan fingerprint density at radius 2 is 2.10 bits per heavy atom. The molecule has 0 fully saturated rings. The zero-order chi connectivity index (χ0) is 8.15. The van der Waals surface area contributed by atoms with Crippen molar-refractivity contribution in [3.63, 3.8) is 0 Å². The van der Waals surface area contributed by atoms with Gasteiger partial charge in [0.05, 0.1) is 0 Å². The van der Waals surface area contributed by atoms with E-state index in [1.54, 1.807) is 0 Å². The summed E-state index contributed by atoms with van der Waals surface area (Å²) >= 11 is 0. The van der Waals surface area contributed by atoms with Crippen LogP contribution in [0.15, 0.2) is 0 Å². The highest BCUT2D eigenvalue weighted by atomic mass is 16.6. The second-order valence-electron chi connectivity index (χ2n) is 1.95. The normalized spacial score (nSPS) is 15.5. The van der Waals surface area contributed by atoms with E-state index in [0.717, 1.165) is 0 Å². The second-order valence-corrected chi connectivity index (χ2v) is 1.95. The lowest BCUT2D eigenvalue weighted by Gasteiger charge is -2.07. The molecule has 0 heterocycles. The molecule has 4 nitrogen and oxygen atoms in total. The van der Waals surface area contributed by atoms with Gasteiger partial charge in [-0.3, -0.25) is 4.79 Å². The number of hydrogen-bond acceptors (Lipinski definition) is 4. The van der Waals surface area contributed by atoms with Crippen molar-refractivity contribution in [2.45, 2.75) is 26.1 Å². The SMILES string of the molecule is C[C@H](O)C(=O)O[C@@H](C)C=O. The number of hydrogen-bond donors (Lipinski definition) is 1. The maximum absolute atomic E-state index is 10.5. The van der Waals surface area contributed by atoms with Gasteiger partial charge in [0.25, 0.3) is 0 Å². The molecule has 0 unspecified atom stereocenters. The van der Waals surface area contributed by atoms with Crippen molar-refractivity contribution >= 4 is 12.3 Å². The monoisotopic (exact) mass is 146 g/mol. The molecule has 0 bridgehead atoms. The number of carbonyl (C=O) groups excluding carboxylic acids is 2. The van der Waals surface area contributed by atoms with Crippen LogP contribution in [0.2, 0.25) is 0 Å². The van der Waals surface area contributed by atoms with Crippen LogP contribution in [0.3, 0.4) is 0 Å². The zero-order valence-electron chi connectivity index (χ0n) is 5.90. The van der Waals surface area contributed by atoms with E-state index < -0.39 is 18.2 Å². The van der Waals surface area contributed by atoms with Gasteiger partial charge in [-0.25, -0.2) is 4.79 Å². The Morgan fingerprint density at radius 1 is 1.60 bits per heavy atom. The Morgan fingerprint density at radius 3 is 2.40 bits per heavy atom. The molecule has 1 N–H and O–H groups in total. The summed E-state index contributed by atoms with van der Waals surface area (Å²) in [6.07, 6.45) is -1.45. The molecule has 0 saturated heterocycles. The largest absolute Gasteiger partial charge is 0.453 e. The summed E-state index contributed by atoms with van der Waals surface area (Å²) in [6, 6.07) is 0. The lowest BCUT2D eigenvalue weighted by molar-refractivity contribution is -0.158. The molecule has 0 aliphatic heterocycles. The minimum Gasteiger partial charge on any atom is -0.453 e. The molecular weight excluding hydrogens is 136 g/mol. The van der Waals surface area contributed by atoms with Crippen LogP contribution >= 0.6 is 0 Å². The van der Waals surface area contributed by atoms with Crippen molar-refractivity contribution in [3.8, 4) is 0 Å². The number of ether oxygens (including phenoxy) is 1. The molecule has 0 amide bonds. The molecule has 0 aliphatic carbocycles. The zero-order valence-corrected chi connectivity index (χ0v) is 5.90. The van der Waals surface area contributed by atoms with Crippen molar-refractivity contribution in [2.75, 3.05) is 0 Å². The van der Waals surface area contributed by atoms with Gasteiger partial charge in [-0.1, -0.05) is 0 Å². The summed E-state index contributed by atoms with van der Waals surface area (Å²) in [6.45, 7) is 2.70. The molecule has 0 aromatic rings. The summed E-state index contributed by atoms with van der Waals surface area (Å²) in [4.78, 5) is 20.4. The van der Waals surface area contributed by atoms with Gasteiger partial charge in [-0.05, 0) is 13.8 Å². The summed E-state index contributed by atoms with van der Waals surface area (Å²) in [7, 11) is 0. The first-order chi connectivity index (χ1) is 4.57. The lowest BCUT2D eigenvalue weighted by atomic mass is 10.4. The van der Waals surface area contributed by atoms with Gasteiger partial charge in [-0.2, -0.15) is 0 Å². The average Bonchev–Trinajstić information content (AvgIpc) is 1.87. The number of rotatable bonds is 3. The minimum atomic E-state index is -1.16. The van der Waals surface area contributed by atoms with Crippen molar-refractivity contribution in [1.29, 1.82) is 0 Å². The molecular formula is C6H10O4. The van der Waals surface area contributed by atoms with Gasteiger partial charge in [0.15, 0.2) is 12.4 Å². The minimum absolute atomic E-state index is 0.486. The molecule has 0 aliphatic rings. The first-order valence-electron chi connectivity index (χ1n) is 2.91. The Labute approximate surface area is 58.8 Å². The van der Waals surface area contributed by atoms with Crippen LogP contribution in [0.5, 0.6) is 0 Å². The smallest absolute Gasteiger partial charge is 0.335 e. The van der Waals surface area contributed by atoms with Gasteiger partial charge in [0, 0.05) is 0 Å². The third kappa shape index (κ3) is 3.19. The predicted octanol–water partition coefficient (Wildman–Crippen LogP) is -0.502. The van der Waals surface area contributed by atoms with Crippen molar-refractivity contribution in [2.24, 2.45) is 0 Å². The fourth-order valence-corrected chi connectivity index (χ4v) is 0.309. The van der Waals surface area contributed by atoms with Crippen LogP contribution < -0.4 is 0 Å². The fraction of sp³-hybridized carbons (Fsp3) is 0.667. The molecule has 0 saturated carbocycles. The van der Waals surface area contributed by atoms with Crippen LogP contribution in [0.4, 0.5) is 0 Å². The maximum Gasteiger partial charge on any atom is 0.335 e. The Hall–Kier alpha value is -0.900. The van der Waals surface area contributed by atoms with Gasteiger partial charge in [0.2, 0.25) is 0 Å². The number of aliphatic hydroxyl groups is 1. The van der Waals surface area contributed by atoms with E-state index in [4.69, 9.17) is 5.11 Å². The molecule has 10 heavy (non-hydrogen) atoms. The maximum atomic E-state index is 10.5. The third-order valence-electron chi connectivity index (χ3n) is 0.835. The van der Waals surface area contributed by atoms with Crippen molar-refractivity contribution in [1.82, 2.24) is 0 Å². The van der Waals surface area contributed by atoms with E-state index in [0.29, 0.717) is 6.29 Å². The Kier molecular flexibility index (Phi) is 3.64. The van der Waals surface area contributed by atoms with E-state index >= 15 is 0 Å². The lowest BCUT2D eigenvalue weighted by Crippen LogP contribution is -2.24. The first kappa shape index (κ1) is 9.10. The Bertz CT molecular complexity index is 130. The van der Waals surface area contributed by atoms with Crippen molar-refractivity contribution in [3.05, 3.63) is 0 Å². The van der Waals surface area contributed by atoms with Gasteiger partial charge < -0.3 is 9.84 Å². The van der Waals surface area contributed by atoms with Crippen LogP contribution in [0.1, 0.15) is 13.8 Å². The molecule has 0 aromatic carbocycles. The Balaban J connectivity index is 3.68. The number of carbonyl (C=O) groups is 2. The third-order valence-corrected chi connectivity index (χ3v) is 0.835. The van der Waals surface area contributed by atoms with Gasteiger partial charge in [-0.15, -0.1) is 0 Å². The summed E-state index contributed by atoms with van der Waals surface area (Å²) in [5.41, 5.74) is 0. The average molecular weight is 146 g/mol. The quantitative estimate of drug-likeness (QED) is 0.430. The molecule has 58 valence electrons. The first-order valence-corrected chi connectivity index (χ1v) is 2.91. The van der Waals surface area contributed by atoms with E-state index in [1.807, 2.05) is 0 Å². The number of aliphatic hydroxyl groups excluding tert-OH is 1. The van der Waals surface area contributed by atoms with Crippen LogP contribution in [-0.4, -0.2) is 29.6 Å². The summed E-state index contributed by atoms with van der Waals surface area (Å²) < 4.78 is 4.40. The topological polar surface area (TPSA) is 63.6 Å². The van der Waals surface area contributed by atoms with Gasteiger partial charge in [0.1, 0.15) is 6.10 Å². The fourth-order valence-electron chi connectivity index (χ4n) is 0.309. The predicted molar refractivity (Wildman–Crippen MR) is 33.3 cm³/mol. The highest BCUT2D eigenvalue weighted by Gasteiger charge is 2.12. The molecule has 4 heteroatoms. The van der Waals surface area contributed by atoms with Crippen LogP contribution in [0, 0.1) is 0 Å². The number of esters is 1. The van der Waals surface area contributed by atoms with E-state index in [-0.39, 0.29) is 0 Å². The highest BCUT2D eigenvalue weighted by molar-refractivity contribution is 5.76. The van der Waals surface area contributed by atoms with E-state index in [9.17, 15) is 9.59 Å². The molecule has 0 rings (SSSR count). The van der Waals surface area contributed by atoms with Crippen LogP contribution in [0.25, 0.3) is 0 Å². The molecule has 0 spiro atoms. The molecule has 2 atom stereocenters. The van der Waals surface area contributed by atoms with Crippen molar-refractivity contribution < 1.29 is 19.4 Å². The van der Waals surface area contributed by atoms with E-state index in [2.05, 4.69) is 4.74 Å². The summed E-state index contributed by atoms with van der Waals surface area (Å²) in [5.74, 6) is -0.778.